The molecule has 1 amide bonds. The lowest BCUT2D eigenvalue weighted by Crippen LogP contribution is -2.45. The third-order valence-corrected chi connectivity index (χ3v) is 2.52. The summed E-state index contributed by atoms with van der Waals surface area (Å²) in [6.45, 7) is 0.821. The Balaban J connectivity index is 2.18. The lowest BCUT2D eigenvalue weighted by atomic mass is 9.92. The fraction of sp³-hybridized carbons (Fsp3) is 0.700. The highest BCUT2D eigenvalue weighted by molar-refractivity contribution is 5.78. The molecule has 0 heterocycles. The molecule has 0 bridgehead atoms. The van der Waals surface area contributed by atoms with E-state index in [-0.39, 0.29) is 5.91 Å². The molecule has 1 N–H and O–H groups in total. The molecular weight excluding hydrogens is 164 g/mol. The van der Waals surface area contributed by atoms with Crippen LogP contribution in [-0.4, -0.2) is 37.0 Å². The van der Waals surface area contributed by atoms with E-state index in [0.717, 1.165) is 12.8 Å². The highest BCUT2D eigenvalue weighted by Gasteiger charge is 2.24. The molecule has 0 aliphatic heterocycles. The van der Waals surface area contributed by atoms with Crippen molar-refractivity contribution in [2.24, 2.45) is 0 Å². The summed E-state index contributed by atoms with van der Waals surface area (Å²) in [5.74, 6) is 2.58. The lowest BCUT2D eigenvalue weighted by Gasteiger charge is -2.34. The van der Waals surface area contributed by atoms with Gasteiger partial charge in [-0.15, -0.1) is 6.42 Å². The van der Waals surface area contributed by atoms with Crippen LogP contribution in [0.1, 0.15) is 19.3 Å². The Labute approximate surface area is 79.5 Å². The number of hydrogen-bond donors (Lipinski definition) is 1. The first-order valence-corrected chi connectivity index (χ1v) is 4.65. The fourth-order valence-corrected chi connectivity index (χ4v) is 1.34. The van der Waals surface area contributed by atoms with Gasteiger partial charge in [0.05, 0.1) is 13.1 Å². The van der Waals surface area contributed by atoms with Crippen molar-refractivity contribution in [1.29, 1.82) is 0 Å². The van der Waals surface area contributed by atoms with Crippen molar-refractivity contribution in [2.75, 3.05) is 20.1 Å². The lowest BCUT2D eigenvalue weighted by molar-refractivity contribution is -0.132. The van der Waals surface area contributed by atoms with Crippen molar-refractivity contribution < 1.29 is 4.79 Å². The molecule has 0 unspecified atom stereocenters. The quantitative estimate of drug-likeness (QED) is 0.496. The summed E-state index contributed by atoms with van der Waals surface area (Å²) in [5, 5.41) is 2.89. The van der Waals surface area contributed by atoms with Gasteiger partial charge < -0.3 is 4.90 Å². The van der Waals surface area contributed by atoms with Crippen molar-refractivity contribution in [3.05, 3.63) is 0 Å². The number of nitrogens with one attached hydrogen (secondary N) is 1. The van der Waals surface area contributed by atoms with Gasteiger partial charge in [-0.25, -0.2) is 0 Å². The first kappa shape index (κ1) is 10.1. The van der Waals surface area contributed by atoms with E-state index < -0.39 is 0 Å². The summed E-state index contributed by atoms with van der Waals surface area (Å²) < 4.78 is 0. The summed E-state index contributed by atoms with van der Waals surface area (Å²) in [7, 11) is 1.86. The van der Waals surface area contributed by atoms with Crippen molar-refractivity contribution in [3.63, 3.8) is 0 Å². The Hall–Kier alpha value is -1.01. The molecule has 0 atom stereocenters. The monoisotopic (exact) mass is 180 g/mol. The van der Waals surface area contributed by atoms with E-state index in [1.807, 2.05) is 11.9 Å². The van der Waals surface area contributed by atoms with Gasteiger partial charge in [0, 0.05) is 13.1 Å². The van der Waals surface area contributed by atoms with Gasteiger partial charge in [-0.1, -0.05) is 5.92 Å². The first-order valence-electron chi connectivity index (χ1n) is 4.65. The van der Waals surface area contributed by atoms with Crippen molar-refractivity contribution in [2.45, 2.75) is 25.3 Å². The number of likely N-dealkylation sites (N-methyl/N-ethyl adjacent to an activating group) is 1. The molecule has 1 aliphatic carbocycles. The van der Waals surface area contributed by atoms with Crippen LogP contribution in [0.5, 0.6) is 0 Å². The average Bonchev–Trinajstić information content (AvgIpc) is 2.01. The van der Waals surface area contributed by atoms with Crippen LogP contribution in [0.15, 0.2) is 0 Å². The van der Waals surface area contributed by atoms with Crippen LogP contribution >= 0.6 is 0 Å². The van der Waals surface area contributed by atoms with Crippen LogP contribution in [0.3, 0.4) is 0 Å². The van der Waals surface area contributed by atoms with Gasteiger partial charge >= 0.3 is 0 Å². The number of carbonyl (C=O) groups is 1. The summed E-state index contributed by atoms with van der Waals surface area (Å²) in [4.78, 5) is 13.3. The molecule has 13 heavy (non-hydrogen) atoms. The zero-order valence-corrected chi connectivity index (χ0v) is 8.05. The van der Waals surface area contributed by atoms with Crippen LogP contribution in [0.2, 0.25) is 0 Å². The molecule has 1 aliphatic rings. The molecule has 0 spiro atoms. The summed E-state index contributed by atoms with van der Waals surface area (Å²) >= 11 is 0. The van der Waals surface area contributed by atoms with Crippen LogP contribution in [0.25, 0.3) is 0 Å². The molecule has 0 aromatic rings. The average molecular weight is 180 g/mol. The zero-order chi connectivity index (χ0) is 9.68. The van der Waals surface area contributed by atoms with E-state index in [4.69, 9.17) is 6.42 Å². The van der Waals surface area contributed by atoms with E-state index in [2.05, 4.69) is 11.2 Å². The van der Waals surface area contributed by atoms with Gasteiger partial charge in [-0.2, -0.15) is 0 Å². The SMILES string of the molecule is C#CCNCC(=O)N(C)C1CCC1. The molecule has 0 saturated heterocycles. The van der Waals surface area contributed by atoms with Gasteiger partial charge in [0.1, 0.15) is 0 Å². The van der Waals surface area contributed by atoms with Gasteiger partial charge in [0.2, 0.25) is 5.91 Å². The second-order valence-electron chi connectivity index (χ2n) is 3.40. The van der Waals surface area contributed by atoms with Crippen molar-refractivity contribution in [1.82, 2.24) is 10.2 Å². The van der Waals surface area contributed by atoms with Crippen molar-refractivity contribution in [3.8, 4) is 12.3 Å². The minimum Gasteiger partial charge on any atom is -0.342 e. The van der Waals surface area contributed by atoms with Crippen LogP contribution in [0.4, 0.5) is 0 Å². The second-order valence-corrected chi connectivity index (χ2v) is 3.40. The van der Waals surface area contributed by atoms with Gasteiger partial charge in [0.25, 0.3) is 0 Å². The van der Waals surface area contributed by atoms with E-state index >= 15 is 0 Å². The number of hydrogen-bond acceptors (Lipinski definition) is 2. The molecule has 3 heteroatoms. The maximum absolute atomic E-state index is 11.4. The fourth-order valence-electron chi connectivity index (χ4n) is 1.34. The number of amides is 1. The van der Waals surface area contributed by atoms with E-state index in [1.165, 1.54) is 6.42 Å². The zero-order valence-electron chi connectivity index (χ0n) is 8.05. The number of nitrogens with zero attached hydrogens (tertiary/aromatic N) is 1. The Morgan fingerprint density at radius 1 is 1.69 bits per heavy atom. The molecule has 1 saturated carbocycles. The Bertz CT molecular complexity index is 215. The Morgan fingerprint density at radius 2 is 2.38 bits per heavy atom. The molecule has 1 fully saturated rings. The molecule has 0 aromatic heterocycles. The second kappa shape index (κ2) is 4.88. The van der Waals surface area contributed by atoms with E-state index in [1.54, 1.807) is 0 Å². The number of terminal acetylenes is 1. The normalized spacial score (nSPS) is 16.0. The minimum absolute atomic E-state index is 0.139. The van der Waals surface area contributed by atoms with Gasteiger partial charge in [0.15, 0.2) is 0 Å². The molecular formula is C10H16N2O. The number of carbonyl (C=O) groups excluding carboxylic acids is 1. The summed E-state index contributed by atoms with van der Waals surface area (Å²) in [5.41, 5.74) is 0. The molecule has 0 radical (unpaired) electrons. The third kappa shape index (κ3) is 2.74. The standard InChI is InChI=1S/C10H16N2O/c1-3-7-11-8-10(13)12(2)9-5-4-6-9/h1,9,11H,4-8H2,2H3. The molecule has 72 valence electrons. The molecule has 1 rings (SSSR count). The summed E-state index contributed by atoms with van der Waals surface area (Å²) in [6.07, 6.45) is 8.60. The summed E-state index contributed by atoms with van der Waals surface area (Å²) in [6, 6.07) is 0.472. The van der Waals surface area contributed by atoms with Crippen molar-refractivity contribution >= 4 is 5.91 Å². The van der Waals surface area contributed by atoms with E-state index in [0.29, 0.717) is 19.1 Å². The number of rotatable bonds is 4. The Kier molecular flexibility index (Phi) is 3.78. The predicted molar refractivity (Wildman–Crippen MR) is 52.1 cm³/mol. The highest BCUT2D eigenvalue weighted by atomic mass is 16.2. The van der Waals surface area contributed by atoms with Gasteiger partial charge in [-0.05, 0) is 19.3 Å². The molecule has 0 aromatic carbocycles. The third-order valence-electron chi connectivity index (χ3n) is 2.52. The van der Waals surface area contributed by atoms with Crippen LogP contribution < -0.4 is 5.32 Å². The van der Waals surface area contributed by atoms with Crippen LogP contribution in [0, 0.1) is 12.3 Å². The maximum Gasteiger partial charge on any atom is 0.236 e. The highest BCUT2D eigenvalue weighted by Crippen LogP contribution is 2.23. The maximum atomic E-state index is 11.4. The first-order chi connectivity index (χ1) is 6.25. The Morgan fingerprint density at radius 3 is 2.85 bits per heavy atom. The topological polar surface area (TPSA) is 32.3 Å². The van der Waals surface area contributed by atoms with Gasteiger partial charge in [-0.3, -0.25) is 10.1 Å². The minimum atomic E-state index is 0.139. The predicted octanol–water partition coefficient (Wildman–Crippen LogP) is 0.220. The smallest absolute Gasteiger partial charge is 0.236 e. The largest absolute Gasteiger partial charge is 0.342 e. The van der Waals surface area contributed by atoms with E-state index in [9.17, 15) is 4.79 Å². The van der Waals surface area contributed by atoms with Crippen LogP contribution in [-0.2, 0) is 4.79 Å². The molecule has 3 nitrogen and oxygen atoms in total.